The van der Waals surface area contributed by atoms with Gasteiger partial charge in [-0.25, -0.2) is 0 Å². The minimum Gasteiger partial charge on any atom is -0.494 e. The average molecular weight is 504 g/mol. The van der Waals surface area contributed by atoms with Crippen molar-refractivity contribution in [3.63, 3.8) is 0 Å². The number of carbonyl (C=O) groups excluding carboxylic acids is 2. The van der Waals surface area contributed by atoms with Crippen LogP contribution in [-0.2, 0) is 11.2 Å². The second-order valence-electron chi connectivity index (χ2n) is 10.9. The van der Waals surface area contributed by atoms with E-state index in [4.69, 9.17) is 4.74 Å². The minimum absolute atomic E-state index is 0.0626. The van der Waals surface area contributed by atoms with Crippen molar-refractivity contribution >= 4 is 11.8 Å². The standard InChI is InChI=1S/C31H41N3O3/c1-3-4-5-9-17-37-24-18-23-14-16-34-28(20-27-25(31(34)36)13-10-15-32-27)29(23)26(19-24)30(35)33-21(2)22-11-7-6-8-12-22/h6-8,11-12,18-19,21,25,27-28,32H,3-5,9-10,13-17,20H2,1-2H3,(H,33,35)/t21-,25-,27-,28-/m1/s1. The maximum absolute atomic E-state index is 13.8. The van der Waals surface area contributed by atoms with Gasteiger partial charge in [0.2, 0.25) is 5.91 Å². The minimum atomic E-state index is -0.125. The molecule has 2 amide bonds. The van der Waals surface area contributed by atoms with Crippen LogP contribution in [-0.4, -0.2) is 42.5 Å². The summed E-state index contributed by atoms with van der Waals surface area (Å²) >= 11 is 0. The summed E-state index contributed by atoms with van der Waals surface area (Å²) < 4.78 is 6.17. The third kappa shape index (κ3) is 5.54. The van der Waals surface area contributed by atoms with Gasteiger partial charge in [-0.1, -0.05) is 56.5 Å². The molecule has 0 bridgehead atoms. The molecule has 3 heterocycles. The molecule has 3 aliphatic heterocycles. The van der Waals surface area contributed by atoms with Gasteiger partial charge in [0, 0.05) is 18.2 Å². The first-order chi connectivity index (χ1) is 18.1. The number of nitrogens with zero attached hydrogens (tertiary/aromatic N) is 1. The van der Waals surface area contributed by atoms with Gasteiger partial charge < -0.3 is 20.3 Å². The molecular formula is C31H41N3O3. The number of piperidine rings is 2. The van der Waals surface area contributed by atoms with E-state index in [0.29, 0.717) is 18.7 Å². The summed E-state index contributed by atoms with van der Waals surface area (Å²) in [4.78, 5) is 29.4. The third-order valence-electron chi connectivity index (χ3n) is 8.39. The highest BCUT2D eigenvalue weighted by Gasteiger charge is 2.46. The number of unbranched alkanes of at least 4 members (excludes halogenated alkanes) is 3. The van der Waals surface area contributed by atoms with Gasteiger partial charge in [-0.3, -0.25) is 9.59 Å². The molecule has 4 atom stereocenters. The van der Waals surface area contributed by atoms with Gasteiger partial charge in [0.25, 0.3) is 5.91 Å². The molecular weight excluding hydrogens is 462 g/mol. The van der Waals surface area contributed by atoms with Crippen LogP contribution in [0.3, 0.4) is 0 Å². The first-order valence-corrected chi connectivity index (χ1v) is 14.3. The Bertz CT molecular complexity index is 1100. The quantitative estimate of drug-likeness (QED) is 0.454. The van der Waals surface area contributed by atoms with Gasteiger partial charge in [-0.15, -0.1) is 0 Å². The fourth-order valence-electron chi connectivity index (χ4n) is 6.38. The van der Waals surface area contributed by atoms with Gasteiger partial charge >= 0.3 is 0 Å². The molecule has 6 heteroatoms. The SMILES string of the molecule is CCCCCCOc1cc2c(c(C(=O)N[C@H](C)c3ccccc3)c1)[C@H]1C[C@H]3NCCC[C@H]3C(=O)N1CC2. The molecule has 2 saturated heterocycles. The molecule has 2 N–H and O–H groups in total. The van der Waals surface area contributed by atoms with Crippen LogP contribution in [0.4, 0.5) is 0 Å². The normalized spacial score (nSPS) is 23.5. The monoisotopic (exact) mass is 503 g/mol. The van der Waals surface area contributed by atoms with Gasteiger partial charge in [0.1, 0.15) is 5.75 Å². The molecule has 0 aliphatic carbocycles. The zero-order valence-electron chi connectivity index (χ0n) is 22.3. The number of hydrogen-bond donors (Lipinski definition) is 2. The van der Waals surface area contributed by atoms with Crippen LogP contribution < -0.4 is 15.4 Å². The lowest BCUT2D eigenvalue weighted by Gasteiger charge is -2.48. The first-order valence-electron chi connectivity index (χ1n) is 14.3. The van der Waals surface area contributed by atoms with E-state index in [9.17, 15) is 9.59 Å². The lowest BCUT2D eigenvalue weighted by atomic mass is 9.75. The van der Waals surface area contributed by atoms with Gasteiger partial charge in [-0.2, -0.15) is 0 Å². The van der Waals surface area contributed by atoms with Crippen LogP contribution in [0.5, 0.6) is 5.75 Å². The summed E-state index contributed by atoms with van der Waals surface area (Å²) in [5, 5.41) is 6.82. The number of benzene rings is 2. The van der Waals surface area contributed by atoms with Crippen molar-refractivity contribution in [3.05, 3.63) is 64.7 Å². The fraction of sp³-hybridized carbons (Fsp3) is 0.548. The Hall–Kier alpha value is -2.86. The highest BCUT2D eigenvalue weighted by Crippen LogP contribution is 2.44. The van der Waals surface area contributed by atoms with Crippen molar-refractivity contribution in [2.75, 3.05) is 19.7 Å². The molecule has 5 rings (SSSR count). The Labute approximate surface area is 221 Å². The first kappa shape index (κ1) is 25.8. The van der Waals surface area contributed by atoms with Crippen LogP contribution in [0.15, 0.2) is 42.5 Å². The second-order valence-corrected chi connectivity index (χ2v) is 10.9. The molecule has 2 fully saturated rings. The van der Waals surface area contributed by atoms with Crippen LogP contribution in [0, 0.1) is 5.92 Å². The Morgan fingerprint density at radius 1 is 1.19 bits per heavy atom. The predicted molar refractivity (Wildman–Crippen MR) is 146 cm³/mol. The molecule has 3 aliphatic rings. The van der Waals surface area contributed by atoms with Crippen molar-refractivity contribution < 1.29 is 14.3 Å². The molecule has 0 saturated carbocycles. The van der Waals surface area contributed by atoms with Crippen molar-refractivity contribution in [3.8, 4) is 5.75 Å². The molecule has 198 valence electrons. The Morgan fingerprint density at radius 3 is 2.84 bits per heavy atom. The van der Waals surface area contributed by atoms with E-state index in [1.165, 1.54) is 12.8 Å². The lowest BCUT2D eigenvalue weighted by molar-refractivity contribution is -0.145. The Balaban J connectivity index is 1.45. The molecule has 0 spiro atoms. The van der Waals surface area contributed by atoms with Crippen molar-refractivity contribution in [2.24, 2.45) is 5.92 Å². The summed E-state index contributed by atoms with van der Waals surface area (Å²) in [5.41, 5.74) is 3.88. The van der Waals surface area contributed by atoms with Crippen molar-refractivity contribution in [1.82, 2.24) is 15.5 Å². The molecule has 2 aromatic carbocycles. The van der Waals surface area contributed by atoms with E-state index < -0.39 is 0 Å². The van der Waals surface area contributed by atoms with E-state index in [1.807, 2.05) is 43.3 Å². The summed E-state index contributed by atoms with van der Waals surface area (Å²) in [6.45, 7) is 6.54. The zero-order valence-corrected chi connectivity index (χ0v) is 22.3. The maximum atomic E-state index is 13.8. The fourth-order valence-corrected chi connectivity index (χ4v) is 6.38. The van der Waals surface area contributed by atoms with E-state index in [2.05, 4.69) is 28.5 Å². The average Bonchev–Trinajstić information content (AvgIpc) is 2.93. The Kier molecular flexibility index (Phi) is 8.14. The predicted octanol–water partition coefficient (Wildman–Crippen LogP) is 5.33. The van der Waals surface area contributed by atoms with E-state index >= 15 is 0 Å². The molecule has 2 aromatic rings. The van der Waals surface area contributed by atoms with Gasteiger partial charge in [0.05, 0.1) is 24.6 Å². The summed E-state index contributed by atoms with van der Waals surface area (Å²) in [6.07, 6.45) is 8.18. The number of amides is 2. The molecule has 37 heavy (non-hydrogen) atoms. The highest BCUT2D eigenvalue weighted by atomic mass is 16.5. The smallest absolute Gasteiger partial charge is 0.252 e. The van der Waals surface area contributed by atoms with Crippen LogP contribution in [0.25, 0.3) is 0 Å². The van der Waals surface area contributed by atoms with E-state index in [0.717, 1.165) is 67.5 Å². The molecule has 0 unspecified atom stereocenters. The van der Waals surface area contributed by atoms with E-state index in [-0.39, 0.29) is 35.9 Å². The highest BCUT2D eigenvalue weighted by molar-refractivity contribution is 5.97. The number of carbonyl (C=O) groups is 2. The summed E-state index contributed by atoms with van der Waals surface area (Å²) in [5.74, 6) is 0.973. The lowest BCUT2D eigenvalue weighted by Crippen LogP contribution is -2.58. The van der Waals surface area contributed by atoms with Crippen LogP contribution in [0.2, 0.25) is 0 Å². The molecule has 0 radical (unpaired) electrons. The van der Waals surface area contributed by atoms with Crippen molar-refractivity contribution in [2.45, 2.75) is 83.3 Å². The topological polar surface area (TPSA) is 70.7 Å². The number of rotatable bonds is 9. The van der Waals surface area contributed by atoms with Crippen molar-refractivity contribution in [1.29, 1.82) is 0 Å². The Morgan fingerprint density at radius 2 is 2.03 bits per heavy atom. The summed E-state index contributed by atoms with van der Waals surface area (Å²) in [6, 6.07) is 14.1. The summed E-state index contributed by atoms with van der Waals surface area (Å²) in [7, 11) is 0. The number of ether oxygens (including phenoxy) is 1. The van der Waals surface area contributed by atoms with E-state index in [1.54, 1.807) is 0 Å². The van der Waals surface area contributed by atoms with Crippen LogP contribution >= 0.6 is 0 Å². The van der Waals surface area contributed by atoms with Gasteiger partial charge in [-0.05, 0) is 74.4 Å². The second kappa shape index (κ2) is 11.7. The number of hydrogen-bond acceptors (Lipinski definition) is 4. The number of nitrogens with one attached hydrogen (secondary N) is 2. The zero-order chi connectivity index (χ0) is 25.8. The van der Waals surface area contributed by atoms with Gasteiger partial charge in [0.15, 0.2) is 0 Å². The molecule has 6 nitrogen and oxygen atoms in total. The molecule has 0 aromatic heterocycles. The number of fused-ring (bicyclic) bond motifs is 4. The largest absolute Gasteiger partial charge is 0.494 e. The van der Waals surface area contributed by atoms with Crippen LogP contribution in [0.1, 0.15) is 97.9 Å². The maximum Gasteiger partial charge on any atom is 0.252 e. The third-order valence-corrected chi connectivity index (χ3v) is 8.39.